The number of esters is 1. The molecule has 29 heavy (non-hydrogen) atoms. The Morgan fingerprint density at radius 2 is 1.83 bits per heavy atom. The lowest BCUT2D eigenvalue weighted by Crippen LogP contribution is -2.39. The molecule has 0 bridgehead atoms. The average Bonchev–Trinajstić information content (AvgIpc) is 2.93. The van der Waals surface area contributed by atoms with E-state index in [4.69, 9.17) is 21.1 Å². The number of halogens is 1. The topological polar surface area (TPSA) is 102 Å². The van der Waals surface area contributed by atoms with Crippen LogP contribution in [0.4, 0.5) is 5.69 Å². The lowest BCUT2D eigenvalue weighted by atomic mass is 9.85. The molecule has 1 aliphatic carbocycles. The highest BCUT2D eigenvalue weighted by Crippen LogP contribution is 2.35. The highest BCUT2D eigenvalue weighted by atomic mass is 35.5. The molecule has 0 unspecified atom stereocenters. The molecule has 1 saturated heterocycles. The molecule has 3 atom stereocenters. The number of carbonyl (C=O) groups is 4. The van der Waals surface area contributed by atoms with E-state index < -0.39 is 36.4 Å². The van der Waals surface area contributed by atoms with Gasteiger partial charge in [0.05, 0.1) is 24.0 Å². The Labute approximate surface area is 172 Å². The van der Waals surface area contributed by atoms with Crippen LogP contribution in [0, 0.1) is 11.8 Å². The molecule has 1 N–H and O–H groups in total. The van der Waals surface area contributed by atoms with Crippen LogP contribution in [0.25, 0.3) is 0 Å². The summed E-state index contributed by atoms with van der Waals surface area (Å²) in [5.74, 6) is -2.51. The van der Waals surface area contributed by atoms with E-state index in [-0.39, 0.29) is 11.8 Å². The van der Waals surface area contributed by atoms with Gasteiger partial charge < -0.3 is 14.8 Å². The standard InChI is InChI=1S/C20H21ClN2O6/c1-11(18(25)22-12-7-8-16(28-2)15(21)9-12)29-17(24)10-23-19(26)13-5-3-4-6-14(13)20(23)27/h3-4,7-9,11,13-14H,5-6,10H2,1-2H3,(H,22,25)/t11-,13-,14-/m0/s1. The molecule has 154 valence electrons. The van der Waals surface area contributed by atoms with E-state index in [9.17, 15) is 19.2 Å². The molecule has 1 aromatic rings. The van der Waals surface area contributed by atoms with Gasteiger partial charge in [-0.2, -0.15) is 0 Å². The van der Waals surface area contributed by atoms with E-state index in [2.05, 4.69) is 5.32 Å². The number of carbonyl (C=O) groups excluding carboxylic acids is 4. The summed E-state index contributed by atoms with van der Waals surface area (Å²) < 4.78 is 10.1. The molecule has 3 amide bonds. The van der Waals surface area contributed by atoms with Crippen LogP contribution in [0.3, 0.4) is 0 Å². The predicted octanol–water partition coefficient (Wildman–Crippen LogP) is 2.17. The molecular formula is C20H21ClN2O6. The molecule has 1 aromatic carbocycles. The summed E-state index contributed by atoms with van der Waals surface area (Å²) in [5, 5.41) is 2.90. The second-order valence-electron chi connectivity index (χ2n) is 6.89. The molecule has 0 aromatic heterocycles. The first-order valence-corrected chi connectivity index (χ1v) is 9.53. The van der Waals surface area contributed by atoms with E-state index in [1.165, 1.54) is 20.1 Å². The van der Waals surface area contributed by atoms with Gasteiger partial charge in [-0.15, -0.1) is 0 Å². The molecule has 0 radical (unpaired) electrons. The molecule has 1 aliphatic heterocycles. The Balaban J connectivity index is 1.55. The van der Waals surface area contributed by atoms with Crippen molar-refractivity contribution in [1.29, 1.82) is 0 Å². The van der Waals surface area contributed by atoms with Gasteiger partial charge >= 0.3 is 5.97 Å². The molecule has 0 spiro atoms. The fourth-order valence-electron chi connectivity index (χ4n) is 3.43. The number of fused-ring (bicyclic) bond motifs is 1. The maximum Gasteiger partial charge on any atom is 0.326 e. The smallest absolute Gasteiger partial charge is 0.326 e. The molecule has 1 heterocycles. The van der Waals surface area contributed by atoms with Gasteiger partial charge in [-0.25, -0.2) is 0 Å². The van der Waals surface area contributed by atoms with Gasteiger partial charge in [0.1, 0.15) is 12.3 Å². The molecule has 8 nitrogen and oxygen atoms in total. The Morgan fingerprint density at radius 1 is 1.21 bits per heavy atom. The highest BCUT2D eigenvalue weighted by Gasteiger charge is 2.47. The van der Waals surface area contributed by atoms with Gasteiger partial charge in [-0.05, 0) is 38.0 Å². The first-order chi connectivity index (χ1) is 13.8. The van der Waals surface area contributed by atoms with E-state index in [1.807, 2.05) is 12.2 Å². The number of rotatable bonds is 6. The normalized spacial score (nSPS) is 21.6. The van der Waals surface area contributed by atoms with E-state index in [1.54, 1.807) is 12.1 Å². The average molecular weight is 421 g/mol. The minimum absolute atomic E-state index is 0.317. The zero-order valence-corrected chi connectivity index (χ0v) is 16.8. The number of hydrogen-bond donors (Lipinski definition) is 1. The number of imide groups is 1. The largest absolute Gasteiger partial charge is 0.495 e. The lowest BCUT2D eigenvalue weighted by Gasteiger charge is -2.17. The summed E-state index contributed by atoms with van der Waals surface area (Å²) in [6.07, 6.45) is 3.59. The van der Waals surface area contributed by atoms with Crippen LogP contribution in [0.15, 0.2) is 30.4 Å². The van der Waals surface area contributed by atoms with Gasteiger partial charge in [0, 0.05) is 5.69 Å². The molecule has 3 rings (SSSR count). The van der Waals surface area contributed by atoms with Crippen LogP contribution in [-0.2, 0) is 23.9 Å². The summed E-state index contributed by atoms with van der Waals surface area (Å²) in [4.78, 5) is 50.2. The van der Waals surface area contributed by atoms with Gasteiger partial charge in [-0.1, -0.05) is 23.8 Å². The van der Waals surface area contributed by atoms with Crippen molar-refractivity contribution in [1.82, 2.24) is 4.90 Å². The Hall–Kier alpha value is -2.87. The van der Waals surface area contributed by atoms with Crippen LogP contribution in [0.1, 0.15) is 19.8 Å². The van der Waals surface area contributed by atoms with E-state index in [0.717, 1.165) is 4.90 Å². The summed E-state index contributed by atoms with van der Waals surface area (Å²) in [6, 6.07) is 4.69. The second-order valence-corrected chi connectivity index (χ2v) is 7.30. The minimum atomic E-state index is -1.12. The van der Waals surface area contributed by atoms with Crippen LogP contribution in [0.2, 0.25) is 5.02 Å². The van der Waals surface area contributed by atoms with Crippen molar-refractivity contribution in [2.24, 2.45) is 11.8 Å². The number of anilines is 1. The van der Waals surface area contributed by atoms with Crippen LogP contribution in [0.5, 0.6) is 5.75 Å². The fourth-order valence-corrected chi connectivity index (χ4v) is 3.69. The number of likely N-dealkylation sites (tertiary alicyclic amines) is 1. The number of amides is 3. The number of ether oxygens (including phenoxy) is 2. The second kappa shape index (κ2) is 8.65. The van der Waals surface area contributed by atoms with E-state index in [0.29, 0.717) is 29.3 Å². The zero-order valence-electron chi connectivity index (χ0n) is 16.0. The number of allylic oxidation sites excluding steroid dienone is 2. The monoisotopic (exact) mass is 420 g/mol. The third kappa shape index (κ3) is 4.42. The highest BCUT2D eigenvalue weighted by molar-refractivity contribution is 6.32. The maximum atomic E-state index is 12.4. The van der Waals surface area contributed by atoms with Crippen molar-refractivity contribution in [3.63, 3.8) is 0 Å². The maximum absolute atomic E-state index is 12.4. The van der Waals surface area contributed by atoms with Crippen LogP contribution in [-0.4, -0.2) is 48.3 Å². The third-order valence-corrected chi connectivity index (χ3v) is 5.28. The lowest BCUT2D eigenvalue weighted by molar-refractivity contribution is -0.158. The fraction of sp³-hybridized carbons (Fsp3) is 0.400. The Kier molecular flexibility index (Phi) is 6.22. The Bertz CT molecular complexity index is 858. The predicted molar refractivity (Wildman–Crippen MR) is 104 cm³/mol. The quantitative estimate of drug-likeness (QED) is 0.430. The van der Waals surface area contributed by atoms with Crippen LogP contribution < -0.4 is 10.1 Å². The number of methoxy groups -OCH3 is 1. The SMILES string of the molecule is COc1ccc(NC(=O)[C@H](C)OC(=O)CN2C(=O)[C@H]3CC=CC[C@@H]3C2=O)cc1Cl. The first kappa shape index (κ1) is 20.9. The van der Waals surface area contributed by atoms with Gasteiger partial charge in [-0.3, -0.25) is 24.1 Å². The van der Waals surface area contributed by atoms with E-state index >= 15 is 0 Å². The van der Waals surface area contributed by atoms with Gasteiger partial charge in [0.25, 0.3) is 5.91 Å². The van der Waals surface area contributed by atoms with Crippen molar-refractivity contribution >= 4 is 41.0 Å². The van der Waals surface area contributed by atoms with Crippen molar-refractivity contribution in [2.75, 3.05) is 19.0 Å². The van der Waals surface area contributed by atoms with Crippen molar-refractivity contribution in [3.8, 4) is 5.75 Å². The number of nitrogens with zero attached hydrogens (tertiary/aromatic N) is 1. The van der Waals surface area contributed by atoms with Crippen LogP contribution >= 0.6 is 11.6 Å². The van der Waals surface area contributed by atoms with Gasteiger partial charge in [0.15, 0.2) is 6.10 Å². The number of hydrogen-bond acceptors (Lipinski definition) is 6. The summed E-state index contributed by atoms with van der Waals surface area (Å²) in [6.45, 7) is 0.895. The van der Waals surface area contributed by atoms with Crippen molar-refractivity contribution in [3.05, 3.63) is 35.4 Å². The first-order valence-electron chi connectivity index (χ1n) is 9.16. The number of nitrogens with one attached hydrogen (secondary N) is 1. The Morgan fingerprint density at radius 3 is 2.38 bits per heavy atom. The zero-order chi connectivity index (χ0) is 21.1. The summed E-state index contributed by atoms with van der Waals surface area (Å²) >= 11 is 6.02. The summed E-state index contributed by atoms with van der Waals surface area (Å²) in [7, 11) is 1.47. The number of benzene rings is 1. The summed E-state index contributed by atoms with van der Waals surface area (Å²) in [5.41, 5.74) is 0.408. The van der Waals surface area contributed by atoms with Crippen molar-refractivity contribution in [2.45, 2.75) is 25.9 Å². The third-order valence-electron chi connectivity index (χ3n) is 4.98. The molecule has 2 aliphatic rings. The molecular weight excluding hydrogens is 400 g/mol. The molecule has 9 heteroatoms. The molecule has 1 fully saturated rings. The van der Waals surface area contributed by atoms with Crippen molar-refractivity contribution < 1.29 is 28.7 Å². The minimum Gasteiger partial charge on any atom is -0.495 e. The molecule has 0 saturated carbocycles. The van der Waals surface area contributed by atoms with Gasteiger partial charge in [0.2, 0.25) is 11.8 Å².